The van der Waals surface area contributed by atoms with E-state index < -0.39 is 9.84 Å². The number of nitrogens with one attached hydrogen (secondary N) is 1. The first-order valence-electron chi connectivity index (χ1n) is 7.96. The van der Waals surface area contributed by atoms with Crippen molar-refractivity contribution in [2.75, 3.05) is 45.4 Å². The fourth-order valence-electron chi connectivity index (χ4n) is 3.49. The quantitative estimate of drug-likeness (QED) is 0.614. The molecule has 6 heteroatoms. The molecule has 2 atom stereocenters. The molecule has 2 fully saturated rings. The maximum absolute atomic E-state index is 11.4. The van der Waals surface area contributed by atoms with Crippen molar-refractivity contribution in [3.05, 3.63) is 0 Å². The fourth-order valence-corrected chi connectivity index (χ4v) is 4.15. The van der Waals surface area contributed by atoms with Gasteiger partial charge in [-0.05, 0) is 38.0 Å². The number of sulfone groups is 1. The molecular formula is C15H29NO4S. The molecule has 0 amide bonds. The maximum Gasteiger partial charge on any atom is 0.147 e. The van der Waals surface area contributed by atoms with Crippen molar-refractivity contribution in [3.8, 4) is 0 Å². The standard InChI is InChI=1S/C15H29NO4S/c1-19-10-8-16-12-15(6-3-11-21(2,17)18)7-9-20-14(15)13-4-5-13/h13-14,16H,3-12H2,1-2H3. The van der Waals surface area contributed by atoms with Gasteiger partial charge in [0.25, 0.3) is 0 Å². The third kappa shape index (κ3) is 5.20. The van der Waals surface area contributed by atoms with Crippen molar-refractivity contribution >= 4 is 9.84 Å². The van der Waals surface area contributed by atoms with Crippen molar-refractivity contribution < 1.29 is 17.9 Å². The Hall–Kier alpha value is -0.170. The van der Waals surface area contributed by atoms with E-state index in [1.165, 1.54) is 19.1 Å². The predicted octanol–water partition coefficient (Wildman–Crippen LogP) is 1.23. The molecule has 1 aliphatic carbocycles. The zero-order chi connectivity index (χ0) is 15.3. The Morgan fingerprint density at radius 3 is 2.76 bits per heavy atom. The van der Waals surface area contributed by atoms with Gasteiger partial charge in [-0.25, -0.2) is 8.42 Å². The van der Waals surface area contributed by atoms with E-state index in [1.807, 2.05) is 0 Å². The molecule has 1 heterocycles. The van der Waals surface area contributed by atoms with Crippen LogP contribution >= 0.6 is 0 Å². The average Bonchev–Trinajstić information content (AvgIpc) is 3.16. The Labute approximate surface area is 128 Å². The highest BCUT2D eigenvalue weighted by Gasteiger charge is 2.50. The molecule has 2 rings (SSSR count). The highest BCUT2D eigenvalue weighted by atomic mass is 32.2. The van der Waals surface area contributed by atoms with Crippen molar-refractivity contribution in [1.29, 1.82) is 0 Å². The van der Waals surface area contributed by atoms with E-state index in [-0.39, 0.29) is 11.2 Å². The summed E-state index contributed by atoms with van der Waals surface area (Å²) in [7, 11) is -1.17. The summed E-state index contributed by atoms with van der Waals surface area (Å²) in [6.45, 7) is 3.25. The molecule has 2 unspecified atom stereocenters. The number of hydrogen-bond donors (Lipinski definition) is 1. The number of methoxy groups -OCH3 is 1. The lowest BCUT2D eigenvalue weighted by Crippen LogP contribution is -2.43. The van der Waals surface area contributed by atoms with Crippen LogP contribution in [0.15, 0.2) is 0 Å². The predicted molar refractivity (Wildman–Crippen MR) is 83.2 cm³/mol. The molecule has 1 saturated carbocycles. The summed E-state index contributed by atoms with van der Waals surface area (Å²) < 4.78 is 33.8. The minimum absolute atomic E-state index is 0.111. The maximum atomic E-state index is 11.4. The second kappa shape index (κ2) is 7.40. The zero-order valence-electron chi connectivity index (χ0n) is 13.3. The minimum Gasteiger partial charge on any atom is -0.383 e. The van der Waals surface area contributed by atoms with Crippen LogP contribution in [0.25, 0.3) is 0 Å². The summed E-state index contributed by atoms with van der Waals surface area (Å²) in [5.74, 6) is 0.972. The molecule has 0 aromatic heterocycles. The molecule has 0 bridgehead atoms. The van der Waals surface area contributed by atoms with Gasteiger partial charge in [-0.2, -0.15) is 0 Å². The second-order valence-corrected chi connectivity index (χ2v) is 8.90. The highest BCUT2D eigenvalue weighted by molar-refractivity contribution is 7.90. The SMILES string of the molecule is COCCNCC1(CCCS(C)(=O)=O)CCOC1C1CC1. The summed E-state index contributed by atoms with van der Waals surface area (Å²) in [6.07, 6.45) is 6.86. The third-order valence-electron chi connectivity index (χ3n) is 4.70. The monoisotopic (exact) mass is 319 g/mol. The van der Waals surface area contributed by atoms with Crippen LogP contribution in [0.3, 0.4) is 0 Å². The van der Waals surface area contributed by atoms with Gasteiger partial charge in [0.15, 0.2) is 0 Å². The lowest BCUT2D eigenvalue weighted by molar-refractivity contribution is 0.0256. The molecule has 0 aromatic carbocycles. The largest absolute Gasteiger partial charge is 0.383 e. The molecule has 5 nitrogen and oxygen atoms in total. The van der Waals surface area contributed by atoms with Crippen LogP contribution in [-0.4, -0.2) is 59.9 Å². The van der Waals surface area contributed by atoms with Gasteiger partial charge in [0.05, 0.1) is 12.7 Å². The van der Waals surface area contributed by atoms with Crippen LogP contribution in [0.2, 0.25) is 0 Å². The van der Waals surface area contributed by atoms with Gasteiger partial charge in [0.2, 0.25) is 0 Å². The van der Waals surface area contributed by atoms with Crippen LogP contribution < -0.4 is 5.32 Å². The molecule has 1 aliphatic heterocycles. The van der Waals surface area contributed by atoms with Gasteiger partial charge >= 0.3 is 0 Å². The summed E-state index contributed by atoms with van der Waals surface area (Å²) in [5.41, 5.74) is 0.111. The van der Waals surface area contributed by atoms with Gasteiger partial charge in [0.1, 0.15) is 9.84 Å². The smallest absolute Gasteiger partial charge is 0.147 e. The molecule has 21 heavy (non-hydrogen) atoms. The fraction of sp³-hybridized carbons (Fsp3) is 1.00. The van der Waals surface area contributed by atoms with Crippen LogP contribution in [0.4, 0.5) is 0 Å². The first-order chi connectivity index (χ1) is 9.97. The Kier molecular flexibility index (Phi) is 6.05. The first kappa shape index (κ1) is 17.2. The highest BCUT2D eigenvalue weighted by Crippen LogP contribution is 2.49. The van der Waals surface area contributed by atoms with E-state index in [2.05, 4.69) is 5.32 Å². The first-order valence-corrected chi connectivity index (χ1v) is 10.0. The summed E-state index contributed by atoms with van der Waals surface area (Å²) in [5, 5.41) is 3.47. The number of ether oxygens (including phenoxy) is 2. The molecule has 0 spiro atoms. The summed E-state index contributed by atoms with van der Waals surface area (Å²) in [6, 6.07) is 0. The third-order valence-corrected chi connectivity index (χ3v) is 5.73. The van der Waals surface area contributed by atoms with E-state index in [4.69, 9.17) is 9.47 Å². The van der Waals surface area contributed by atoms with Crippen molar-refractivity contribution in [1.82, 2.24) is 5.32 Å². The van der Waals surface area contributed by atoms with Gasteiger partial charge in [-0.15, -0.1) is 0 Å². The zero-order valence-corrected chi connectivity index (χ0v) is 14.1. The average molecular weight is 319 g/mol. The molecule has 0 aromatic rings. The summed E-state index contributed by atoms with van der Waals surface area (Å²) in [4.78, 5) is 0. The van der Waals surface area contributed by atoms with E-state index >= 15 is 0 Å². The van der Waals surface area contributed by atoms with Crippen molar-refractivity contribution in [2.45, 2.75) is 38.2 Å². The van der Waals surface area contributed by atoms with E-state index in [9.17, 15) is 8.42 Å². The summed E-state index contributed by atoms with van der Waals surface area (Å²) >= 11 is 0. The van der Waals surface area contributed by atoms with Gasteiger partial charge < -0.3 is 14.8 Å². The second-order valence-electron chi connectivity index (χ2n) is 6.64. The lowest BCUT2D eigenvalue weighted by atomic mass is 9.75. The van der Waals surface area contributed by atoms with E-state index in [0.29, 0.717) is 18.6 Å². The van der Waals surface area contributed by atoms with Crippen LogP contribution in [-0.2, 0) is 19.3 Å². The Bertz CT molecular complexity index is 421. The number of hydrogen-bond acceptors (Lipinski definition) is 5. The van der Waals surface area contributed by atoms with Crippen LogP contribution in [0, 0.1) is 11.3 Å². The Morgan fingerprint density at radius 2 is 2.14 bits per heavy atom. The molecule has 1 saturated heterocycles. The minimum atomic E-state index is -2.88. The Morgan fingerprint density at radius 1 is 1.38 bits per heavy atom. The molecule has 0 radical (unpaired) electrons. The normalized spacial score (nSPS) is 29.9. The lowest BCUT2D eigenvalue weighted by Gasteiger charge is -2.35. The van der Waals surface area contributed by atoms with Crippen LogP contribution in [0.1, 0.15) is 32.1 Å². The van der Waals surface area contributed by atoms with Gasteiger partial charge in [-0.1, -0.05) is 0 Å². The number of rotatable bonds is 10. The van der Waals surface area contributed by atoms with Gasteiger partial charge in [-0.3, -0.25) is 0 Å². The topological polar surface area (TPSA) is 64.6 Å². The van der Waals surface area contributed by atoms with Gasteiger partial charge in [0, 0.05) is 44.2 Å². The van der Waals surface area contributed by atoms with Crippen molar-refractivity contribution in [3.63, 3.8) is 0 Å². The van der Waals surface area contributed by atoms with E-state index in [0.717, 1.165) is 39.0 Å². The van der Waals surface area contributed by atoms with E-state index in [1.54, 1.807) is 7.11 Å². The van der Waals surface area contributed by atoms with Crippen LogP contribution in [0.5, 0.6) is 0 Å². The van der Waals surface area contributed by atoms with Crippen molar-refractivity contribution in [2.24, 2.45) is 11.3 Å². The molecule has 1 N–H and O–H groups in total. The molecule has 2 aliphatic rings. The molecular weight excluding hydrogens is 290 g/mol. The molecule has 124 valence electrons. The Balaban J connectivity index is 1.92.